The molecule has 0 aromatic heterocycles. The fraction of sp³-hybridized carbons (Fsp3) is 0. The highest BCUT2D eigenvalue weighted by Gasteiger charge is 2.17. The fourth-order valence-electron chi connectivity index (χ4n) is 1.66. The van der Waals surface area contributed by atoms with Crippen LogP contribution in [0.2, 0.25) is 0 Å². The minimum atomic E-state index is -1.19. The Bertz CT molecular complexity index is 711. The summed E-state index contributed by atoms with van der Waals surface area (Å²) in [6.07, 6.45) is 0. The number of hydrogen-bond acceptors (Lipinski definition) is 4. The Labute approximate surface area is 116 Å². The van der Waals surface area contributed by atoms with Gasteiger partial charge in [-0.15, -0.1) is 0 Å². The highest BCUT2D eigenvalue weighted by Crippen LogP contribution is 2.27. The van der Waals surface area contributed by atoms with Crippen molar-refractivity contribution in [2.75, 3.05) is 5.32 Å². The summed E-state index contributed by atoms with van der Waals surface area (Å²) < 4.78 is 27.4. The molecule has 0 saturated carbocycles. The average Bonchev–Trinajstić information content (AvgIpc) is 2.42. The van der Waals surface area contributed by atoms with Gasteiger partial charge < -0.3 is 10.4 Å². The van der Waals surface area contributed by atoms with Crippen molar-refractivity contribution < 1.29 is 23.6 Å². The number of carbonyl (C=O) groups is 1. The molecule has 0 fully saturated rings. The van der Waals surface area contributed by atoms with Crippen molar-refractivity contribution in [2.24, 2.45) is 0 Å². The molecule has 0 atom stereocenters. The molecule has 2 N–H and O–H groups in total. The van der Waals surface area contributed by atoms with E-state index in [1.807, 2.05) is 0 Å². The van der Waals surface area contributed by atoms with Gasteiger partial charge in [0.05, 0.1) is 22.6 Å². The average molecular weight is 294 g/mol. The van der Waals surface area contributed by atoms with Crippen LogP contribution in [-0.4, -0.2) is 16.0 Å². The van der Waals surface area contributed by atoms with Gasteiger partial charge in [0.1, 0.15) is 5.69 Å². The third kappa shape index (κ3) is 3.11. The molecule has 0 unspecified atom stereocenters. The Morgan fingerprint density at radius 1 is 1.19 bits per heavy atom. The molecule has 0 radical (unpaired) electrons. The number of nitrogens with one attached hydrogen (secondary N) is 1. The third-order valence-electron chi connectivity index (χ3n) is 2.62. The van der Waals surface area contributed by atoms with Gasteiger partial charge >= 0.3 is 5.97 Å². The van der Waals surface area contributed by atoms with Crippen molar-refractivity contribution in [1.29, 1.82) is 0 Å². The molecule has 0 aliphatic heterocycles. The molecule has 2 aromatic carbocycles. The van der Waals surface area contributed by atoms with Gasteiger partial charge in [-0.3, -0.25) is 10.1 Å². The number of nitro groups is 1. The van der Waals surface area contributed by atoms with Crippen molar-refractivity contribution in [3.63, 3.8) is 0 Å². The van der Waals surface area contributed by atoms with Crippen LogP contribution >= 0.6 is 0 Å². The van der Waals surface area contributed by atoms with E-state index in [4.69, 9.17) is 5.11 Å². The van der Waals surface area contributed by atoms with Crippen LogP contribution in [-0.2, 0) is 0 Å². The van der Waals surface area contributed by atoms with E-state index >= 15 is 0 Å². The monoisotopic (exact) mass is 294 g/mol. The summed E-state index contributed by atoms with van der Waals surface area (Å²) in [5.74, 6) is -3.49. The Kier molecular flexibility index (Phi) is 3.79. The molecule has 108 valence electrons. The lowest BCUT2D eigenvalue weighted by Gasteiger charge is -2.09. The molecular formula is C13H8F2N2O4. The molecule has 0 saturated heterocycles. The van der Waals surface area contributed by atoms with Gasteiger partial charge in [-0.1, -0.05) is 6.07 Å². The van der Waals surface area contributed by atoms with Gasteiger partial charge in [0.2, 0.25) is 0 Å². The first-order chi connectivity index (χ1) is 9.88. The van der Waals surface area contributed by atoms with Gasteiger partial charge in [-0.25, -0.2) is 13.6 Å². The van der Waals surface area contributed by atoms with Crippen LogP contribution < -0.4 is 5.32 Å². The van der Waals surface area contributed by atoms with E-state index in [0.717, 1.165) is 0 Å². The summed E-state index contributed by atoms with van der Waals surface area (Å²) in [4.78, 5) is 20.4. The summed E-state index contributed by atoms with van der Waals surface area (Å²) in [5, 5.41) is 21.7. The number of benzene rings is 2. The SMILES string of the molecule is O=C(O)c1cccc(Nc2c(F)cc([N+](=O)[O-])cc2F)c1. The van der Waals surface area contributed by atoms with Crippen LogP contribution in [0.25, 0.3) is 0 Å². The van der Waals surface area contributed by atoms with Crippen LogP contribution in [0.15, 0.2) is 36.4 Å². The molecule has 0 spiro atoms. The van der Waals surface area contributed by atoms with E-state index in [1.54, 1.807) is 0 Å². The summed E-state index contributed by atoms with van der Waals surface area (Å²) in [6.45, 7) is 0. The number of aromatic carboxylic acids is 1. The maximum atomic E-state index is 13.7. The summed E-state index contributed by atoms with van der Waals surface area (Å²) in [7, 11) is 0. The van der Waals surface area contributed by atoms with E-state index in [0.29, 0.717) is 12.1 Å². The number of hydrogen-bond donors (Lipinski definition) is 2. The number of carboxylic acid groups (broad SMARTS) is 1. The standard InChI is InChI=1S/C13H8F2N2O4/c14-10-5-9(17(20)21)6-11(15)12(10)16-8-3-1-2-7(4-8)13(18)19/h1-6,16H,(H,18,19). The summed E-state index contributed by atoms with van der Waals surface area (Å²) in [5.41, 5.74) is -1.23. The molecule has 6 nitrogen and oxygen atoms in total. The quantitative estimate of drug-likeness (QED) is 0.666. The van der Waals surface area contributed by atoms with Gasteiger partial charge in [-0.05, 0) is 18.2 Å². The molecule has 0 amide bonds. The lowest BCUT2D eigenvalue weighted by Crippen LogP contribution is -2.01. The second kappa shape index (κ2) is 5.53. The maximum Gasteiger partial charge on any atom is 0.335 e. The first-order valence-corrected chi connectivity index (χ1v) is 5.62. The lowest BCUT2D eigenvalue weighted by molar-refractivity contribution is -0.385. The highest BCUT2D eigenvalue weighted by molar-refractivity contribution is 5.89. The minimum Gasteiger partial charge on any atom is -0.478 e. The van der Waals surface area contributed by atoms with Crippen LogP contribution in [0, 0.1) is 21.7 Å². The van der Waals surface area contributed by atoms with E-state index in [1.165, 1.54) is 24.3 Å². The zero-order chi connectivity index (χ0) is 15.6. The van der Waals surface area contributed by atoms with E-state index in [-0.39, 0.29) is 11.3 Å². The second-order valence-corrected chi connectivity index (χ2v) is 4.05. The van der Waals surface area contributed by atoms with Crippen LogP contribution in [0.3, 0.4) is 0 Å². The van der Waals surface area contributed by atoms with Crippen molar-refractivity contribution in [3.8, 4) is 0 Å². The highest BCUT2D eigenvalue weighted by atomic mass is 19.1. The van der Waals surface area contributed by atoms with Crippen LogP contribution in [0.1, 0.15) is 10.4 Å². The predicted molar refractivity (Wildman–Crippen MR) is 69.7 cm³/mol. The molecule has 2 rings (SSSR count). The van der Waals surface area contributed by atoms with Gasteiger partial charge in [-0.2, -0.15) is 0 Å². The zero-order valence-corrected chi connectivity index (χ0v) is 10.3. The topological polar surface area (TPSA) is 92.5 Å². The van der Waals surface area contributed by atoms with Crippen LogP contribution in [0.5, 0.6) is 0 Å². The zero-order valence-electron chi connectivity index (χ0n) is 10.3. The maximum absolute atomic E-state index is 13.7. The molecular weight excluding hydrogens is 286 g/mol. The number of halogens is 2. The van der Waals surface area contributed by atoms with Gasteiger partial charge in [0, 0.05) is 5.69 Å². The van der Waals surface area contributed by atoms with E-state index in [9.17, 15) is 23.7 Å². The number of non-ortho nitro benzene ring substituents is 1. The predicted octanol–water partition coefficient (Wildman–Crippen LogP) is 3.31. The number of rotatable bonds is 4. The molecule has 0 aliphatic rings. The number of carboxylic acids is 1. The van der Waals surface area contributed by atoms with Gasteiger partial charge in [0.25, 0.3) is 5.69 Å². The smallest absolute Gasteiger partial charge is 0.335 e. The van der Waals surface area contributed by atoms with E-state index in [2.05, 4.69) is 5.32 Å². The number of nitrogens with zero attached hydrogens (tertiary/aromatic N) is 1. The molecule has 8 heteroatoms. The summed E-state index contributed by atoms with van der Waals surface area (Å²) >= 11 is 0. The second-order valence-electron chi connectivity index (χ2n) is 4.05. The van der Waals surface area contributed by atoms with Crippen molar-refractivity contribution >= 4 is 23.0 Å². The van der Waals surface area contributed by atoms with Crippen molar-refractivity contribution in [2.45, 2.75) is 0 Å². The molecule has 0 heterocycles. The van der Waals surface area contributed by atoms with E-state index < -0.39 is 33.9 Å². The van der Waals surface area contributed by atoms with Crippen LogP contribution in [0.4, 0.5) is 25.8 Å². The number of anilines is 2. The first-order valence-electron chi connectivity index (χ1n) is 5.62. The first kappa shape index (κ1) is 14.4. The molecule has 21 heavy (non-hydrogen) atoms. The Morgan fingerprint density at radius 2 is 1.81 bits per heavy atom. The third-order valence-corrected chi connectivity index (χ3v) is 2.62. The fourth-order valence-corrected chi connectivity index (χ4v) is 1.66. The Morgan fingerprint density at radius 3 is 2.33 bits per heavy atom. The minimum absolute atomic E-state index is 0.0669. The molecule has 0 bridgehead atoms. The van der Waals surface area contributed by atoms with Crippen molar-refractivity contribution in [3.05, 3.63) is 63.7 Å². The van der Waals surface area contributed by atoms with Crippen molar-refractivity contribution in [1.82, 2.24) is 0 Å². The van der Waals surface area contributed by atoms with Gasteiger partial charge in [0.15, 0.2) is 11.6 Å². The summed E-state index contributed by atoms with van der Waals surface area (Å²) in [6, 6.07) is 6.46. The largest absolute Gasteiger partial charge is 0.478 e. The lowest BCUT2D eigenvalue weighted by atomic mass is 10.2. The Hall–Kier alpha value is -3.03. The number of nitro benzene ring substituents is 1. The molecule has 0 aliphatic carbocycles. The molecule has 2 aromatic rings. The normalized spacial score (nSPS) is 10.2. The Balaban J connectivity index is 2.38.